The van der Waals surface area contributed by atoms with Crippen LogP contribution < -0.4 is 10.1 Å². The van der Waals surface area contributed by atoms with Gasteiger partial charge in [-0.3, -0.25) is 0 Å². The largest absolute Gasteiger partial charge is 0.494 e. The zero-order valence-corrected chi connectivity index (χ0v) is 11.5. The highest BCUT2D eigenvalue weighted by Crippen LogP contribution is 2.21. The van der Waals surface area contributed by atoms with Crippen LogP contribution in [0, 0.1) is 5.92 Å². The van der Waals surface area contributed by atoms with Crippen molar-refractivity contribution >= 4 is 0 Å². The first-order valence-corrected chi connectivity index (χ1v) is 7.31. The predicted octanol–water partition coefficient (Wildman–Crippen LogP) is 3.41. The Kier molecular flexibility index (Phi) is 5.53. The van der Waals surface area contributed by atoms with Crippen molar-refractivity contribution in [3.05, 3.63) is 29.8 Å². The fourth-order valence-corrected chi connectivity index (χ4v) is 2.55. The van der Waals surface area contributed by atoms with E-state index >= 15 is 0 Å². The molecule has 0 bridgehead atoms. The maximum atomic E-state index is 5.68. The van der Waals surface area contributed by atoms with Crippen LogP contribution in [0.5, 0.6) is 5.75 Å². The van der Waals surface area contributed by atoms with E-state index in [9.17, 15) is 0 Å². The van der Waals surface area contributed by atoms with Crippen molar-refractivity contribution < 1.29 is 4.74 Å². The Bertz CT molecular complexity index is 345. The fourth-order valence-electron chi connectivity index (χ4n) is 2.55. The summed E-state index contributed by atoms with van der Waals surface area (Å²) < 4.78 is 5.68. The van der Waals surface area contributed by atoms with Gasteiger partial charge in [0.15, 0.2) is 0 Å². The summed E-state index contributed by atoms with van der Waals surface area (Å²) >= 11 is 0. The van der Waals surface area contributed by atoms with Crippen LogP contribution in [-0.2, 0) is 6.42 Å². The number of aryl methyl sites for hydroxylation is 1. The minimum absolute atomic E-state index is 0.817. The molecule has 100 valence electrons. The predicted molar refractivity (Wildman–Crippen MR) is 76.1 cm³/mol. The normalized spacial score (nSPS) is 16.7. The van der Waals surface area contributed by atoms with Gasteiger partial charge in [-0.25, -0.2) is 0 Å². The Labute approximate surface area is 111 Å². The maximum absolute atomic E-state index is 5.68. The van der Waals surface area contributed by atoms with E-state index in [1.807, 2.05) is 0 Å². The zero-order chi connectivity index (χ0) is 12.6. The molecular weight excluding hydrogens is 222 g/mol. The summed E-state index contributed by atoms with van der Waals surface area (Å²) in [6.45, 7) is 5.35. The van der Waals surface area contributed by atoms with E-state index in [1.54, 1.807) is 0 Å². The third kappa shape index (κ3) is 4.34. The highest BCUT2D eigenvalue weighted by atomic mass is 16.5. The lowest BCUT2D eigenvalue weighted by Gasteiger charge is -2.22. The van der Waals surface area contributed by atoms with Gasteiger partial charge in [-0.1, -0.05) is 19.1 Å². The quantitative estimate of drug-likeness (QED) is 0.832. The molecule has 0 atom stereocenters. The van der Waals surface area contributed by atoms with Crippen LogP contribution >= 0.6 is 0 Å². The molecule has 0 aromatic heterocycles. The van der Waals surface area contributed by atoms with Crippen LogP contribution in [0.2, 0.25) is 0 Å². The molecule has 18 heavy (non-hydrogen) atoms. The Morgan fingerprint density at radius 3 is 2.89 bits per heavy atom. The molecule has 1 aliphatic heterocycles. The monoisotopic (exact) mass is 247 g/mol. The highest BCUT2D eigenvalue weighted by molar-refractivity contribution is 5.28. The van der Waals surface area contributed by atoms with Crippen LogP contribution in [0.15, 0.2) is 24.3 Å². The van der Waals surface area contributed by atoms with Gasteiger partial charge in [0.1, 0.15) is 5.75 Å². The molecule has 0 spiro atoms. The van der Waals surface area contributed by atoms with Crippen LogP contribution in [0.25, 0.3) is 0 Å². The van der Waals surface area contributed by atoms with E-state index in [0.717, 1.165) is 24.7 Å². The molecule has 2 heteroatoms. The van der Waals surface area contributed by atoms with Gasteiger partial charge in [0, 0.05) is 0 Å². The van der Waals surface area contributed by atoms with Gasteiger partial charge in [0.05, 0.1) is 6.61 Å². The number of benzene rings is 1. The topological polar surface area (TPSA) is 21.3 Å². The molecule has 1 saturated heterocycles. The first-order chi connectivity index (χ1) is 8.88. The molecule has 2 nitrogen and oxygen atoms in total. The number of nitrogens with one attached hydrogen (secondary N) is 1. The Morgan fingerprint density at radius 2 is 2.11 bits per heavy atom. The molecule has 0 saturated carbocycles. The zero-order valence-electron chi connectivity index (χ0n) is 11.5. The van der Waals surface area contributed by atoms with Crippen molar-refractivity contribution in [1.29, 1.82) is 0 Å². The molecular formula is C16H25NO. The van der Waals surface area contributed by atoms with Crippen molar-refractivity contribution in [3.63, 3.8) is 0 Å². The third-order valence-electron chi connectivity index (χ3n) is 3.67. The molecule has 0 aliphatic carbocycles. The molecule has 1 aromatic rings. The number of piperidine rings is 1. The average Bonchev–Trinajstić information content (AvgIpc) is 2.44. The molecule has 0 unspecified atom stereocenters. The lowest BCUT2D eigenvalue weighted by Crippen LogP contribution is -2.27. The van der Waals surface area contributed by atoms with E-state index in [2.05, 4.69) is 36.5 Å². The van der Waals surface area contributed by atoms with Gasteiger partial charge in [-0.05, 0) is 68.8 Å². The van der Waals surface area contributed by atoms with Crippen LogP contribution in [0.3, 0.4) is 0 Å². The highest BCUT2D eigenvalue weighted by Gasteiger charge is 2.12. The smallest absolute Gasteiger partial charge is 0.119 e. The molecule has 1 aliphatic rings. The summed E-state index contributed by atoms with van der Waals surface area (Å²) in [4.78, 5) is 0. The Balaban J connectivity index is 1.80. The summed E-state index contributed by atoms with van der Waals surface area (Å²) in [6, 6.07) is 8.60. The minimum Gasteiger partial charge on any atom is -0.494 e. The summed E-state index contributed by atoms with van der Waals surface area (Å²) in [6.07, 6.45) is 6.25. The fraction of sp³-hybridized carbons (Fsp3) is 0.625. The lowest BCUT2D eigenvalue weighted by atomic mass is 9.91. The molecule has 1 N–H and O–H groups in total. The average molecular weight is 247 g/mol. The van der Waals surface area contributed by atoms with Gasteiger partial charge in [-0.15, -0.1) is 0 Å². The van der Waals surface area contributed by atoms with Crippen molar-refractivity contribution in [3.8, 4) is 5.75 Å². The standard InChI is InChI=1S/C16H25NO/c1-2-12-18-16-5-3-4-15(13-16)7-6-14-8-10-17-11-9-14/h3-5,13-14,17H,2,6-12H2,1H3. The molecule has 0 radical (unpaired) electrons. The summed E-state index contributed by atoms with van der Waals surface area (Å²) in [5, 5.41) is 3.43. The van der Waals surface area contributed by atoms with E-state index in [0.29, 0.717) is 0 Å². The van der Waals surface area contributed by atoms with Crippen molar-refractivity contribution in [2.45, 2.75) is 39.0 Å². The first-order valence-electron chi connectivity index (χ1n) is 7.31. The number of hydrogen-bond donors (Lipinski definition) is 1. The second-order valence-corrected chi connectivity index (χ2v) is 5.23. The number of ether oxygens (including phenoxy) is 1. The molecule has 0 amide bonds. The SMILES string of the molecule is CCCOc1cccc(CCC2CCNCC2)c1. The van der Waals surface area contributed by atoms with E-state index in [1.165, 1.54) is 44.3 Å². The van der Waals surface area contributed by atoms with E-state index < -0.39 is 0 Å². The van der Waals surface area contributed by atoms with Crippen molar-refractivity contribution in [2.24, 2.45) is 5.92 Å². The Hall–Kier alpha value is -1.02. The molecule has 1 heterocycles. The Morgan fingerprint density at radius 1 is 1.28 bits per heavy atom. The van der Waals surface area contributed by atoms with Crippen molar-refractivity contribution in [1.82, 2.24) is 5.32 Å². The third-order valence-corrected chi connectivity index (χ3v) is 3.67. The van der Waals surface area contributed by atoms with Gasteiger partial charge >= 0.3 is 0 Å². The molecule has 1 fully saturated rings. The van der Waals surface area contributed by atoms with Crippen LogP contribution in [0.4, 0.5) is 0 Å². The summed E-state index contributed by atoms with van der Waals surface area (Å²) in [7, 11) is 0. The molecule has 2 rings (SSSR count). The van der Waals surface area contributed by atoms with Gasteiger partial charge in [0.2, 0.25) is 0 Å². The first kappa shape index (κ1) is 13.4. The number of hydrogen-bond acceptors (Lipinski definition) is 2. The molecule has 1 aromatic carbocycles. The minimum atomic E-state index is 0.817. The maximum Gasteiger partial charge on any atom is 0.119 e. The van der Waals surface area contributed by atoms with Crippen molar-refractivity contribution in [2.75, 3.05) is 19.7 Å². The van der Waals surface area contributed by atoms with E-state index in [-0.39, 0.29) is 0 Å². The second kappa shape index (κ2) is 7.42. The number of rotatable bonds is 6. The summed E-state index contributed by atoms with van der Waals surface area (Å²) in [5.74, 6) is 1.94. The van der Waals surface area contributed by atoms with Gasteiger partial charge < -0.3 is 10.1 Å². The second-order valence-electron chi connectivity index (χ2n) is 5.23. The van der Waals surface area contributed by atoms with Gasteiger partial charge in [0.25, 0.3) is 0 Å². The van der Waals surface area contributed by atoms with Gasteiger partial charge in [-0.2, -0.15) is 0 Å². The van der Waals surface area contributed by atoms with Crippen LogP contribution in [-0.4, -0.2) is 19.7 Å². The lowest BCUT2D eigenvalue weighted by molar-refractivity contribution is 0.316. The van der Waals surface area contributed by atoms with Crippen LogP contribution in [0.1, 0.15) is 38.2 Å². The summed E-state index contributed by atoms with van der Waals surface area (Å²) in [5.41, 5.74) is 1.42. The van der Waals surface area contributed by atoms with E-state index in [4.69, 9.17) is 4.74 Å².